The van der Waals surface area contributed by atoms with Gasteiger partial charge >= 0.3 is 12.4 Å². The highest BCUT2D eigenvalue weighted by atomic mass is 79.9. The van der Waals surface area contributed by atoms with E-state index in [9.17, 15) is 26.3 Å². The summed E-state index contributed by atoms with van der Waals surface area (Å²) < 4.78 is 81.7. The lowest BCUT2D eigenvalue weighted by atomic mass is 10.1. The third kappa shape index (κ3) is 4.90. The lowest BCUT2D eigenvalue weighted by Crippen LogP contribution is -2.11. The first-order chi connectivity index (χ1) is 11.1. The Kier molecular flexibility index (Phi) is 5.47. The highest BCUT2D eigenvalue weighted by molar-refractivity contribution is 9.08. The Labute approximate surface area is 142 Å². The van der Waals surface area contributed by atoms with Crippen LogP contribution < -0.4 is 4.74 Å². The van der Waals surface area contributed by atoms with Crippen molar-refractivity contribution in [2.24, 2.45) is 0 Å². The molecule has 2 rings (SSSR count). The summed E-state index contributed by atoms with van der Waals surface area (Å²) >= 11 is 3.27. The van der Waals surface area contributed by atoms with Crippen molar-refractivity contribution >= 4 is 15.9 Å². The van der Waals surface area contributed by atoms with Crippen LogP contribution in [0.4, 0.5) is 26.3 Å². The molecule has 0 saturated heterocycles. The van der Waals surface area contributed by atoms with Crippen molar-refractivity contribution < 1.29 is 31.1 Å². The molecule has 1 nitrogen and oxygen atoms in total. The highest BCUT2D eigenvalue weighted by Gasteiger charge is 2.37. The summed E-state index contributed by atoms with van der Waals surface area (Å²) in [5.74, 6) is -0.485. The molecule has 130 valence electrons. The van der Waals surface area contributed by atoms with E-state index < -0.39 is 29.2 Å². The Morgan fingerprint density at radius 1 is 0.750 bits per heavy atom. The van der Waals surface area contributed by atoms with Gasteiger partial charge in [0, 0.05) is 5.33 Å². The minimum atomic E-state index is -4.89. The molecule has 0 amide bonds. The van der Waals surface area contributed by atoms with Crippen molar-refractivity contribution in [3.63, 3.8) is 0 Å². The van der Waals surface area contributed by atoms with E-state index in [-0.39, 0.29) is 12.7 Å². The van der Waals surface area contributed by atoms with Gasteiger partial charge in [-0.3, -0.25) is 0 Å². The van der Waals surface area contributed by atoms with Crippen molar-refractivity contribution in [2.45, 2.75) is 24.3 Å². The first-order valence-electron chi connectivity index (χ1n) is 6.65. The first kappa shape index (κ1) is 18.6. The Morgan fingerprint density at radius 3 is 1.62 bits per heavy atom. The molecular weight excluding hydrogens is 402 g/mol. The zero-order chi connectivity index (χ0) is 18.0. The summed E-state index contributed by atoms with van der Waals surface area (Å²) in [5.41, 5.74) is -1.19. The number of halogens is 7. The van der Waals surface area contributed by atoms with Gasteiger partial charge in [0.25, 0.3) is 0 Å². The van der Waals surface area contributed by atoms with Crippen molar-refractivity contribution in [1.29, 1.82) is 0 Å². The molecule has 0 aliphatic heterocycles. The summed E-state index contributed by atoms with van der Waals surface area (Å²) in [6, 6.07) is 8.12. The molecule has 0 radical (unpaired) electrons. The standard InChI is InChI=1S/C16H11BrF6O/c17-8-10-1-3-11(4-2-10)9-24-14-6-12(15(18,19)20)5-13(7-14)16(21,22)23/h1-7H,8-9H2. The Morgan fingerprint density at radius 2 is 1.21 bits per heavy atom. The zero-order valence-corrected chi connectivity index (χ0v) is 13.6. The van der Waals surface area contributed by atoms with Gasteiger partial charge in [0.2, 0.25) is 0 Å². The molecule has 0 unspecified atom stereocenters. The lowest BCUT2D eigenvalue weighted by molar-refractivity contribution is -0.143. The van der Waals surface area contributed by atoms with E-state index in [0.29, 0.717) is 23.0 Å². The topological polar surface area (TPSA) is 9.23 Å². The van der Waals surface area contributed by atoms with E-state index in [1.54, 1.807) is 24.3 Å². The van der Waals surface area contributed by atoms with Crippen molar-refractivity contribution in [2.75, 3.05) is 0 Å². The van der Waals surface area contributed by atoms with Crippen LogP contribution in [0.25, 0.3) is 0 Å². The second-order valence-corrected chi connectivity index (χ2v) is 5.54. The van der Waals surface area contributed by atoms with Crippen LogP contribution in [0, 0.1) is 0 Å². The van der Waals surface area contributed by atoms with E-state index in [0.717, 1.165) is 5.56 Å². The maximum absolute atomic E-state index is 12.8. The maximum atomic E-state index is 12.8. The van der Waals surface area contributed by atoms with Gasteiger partial charge in [-0.1, -0.05) is 40.2 Å². The molecule has 0 aromatic heterocycles. The fraction of sp³-hybridized carbons (Fsp3) is 0.250. The van der Waals surface area contributed by atoms with Gasteiger partial charge in [0.1, 0.15) is 12.4 Å². The van der Waals surface area contributed by atoms with Gasteiger partial charge in [-0.15, -0.1) is 0 Å². The van der Waals surface area contributed by atoms with Gasteiger partial charge in [-0.2, -0.15) is 26.3 Å². The second kappa shape index (κ2) is 7.04. The molecule has 24 heavy (non-hydrogen) atoms. The molecule has 0 N–H and O–H groups in total. The van der Waals surface area contributed by atoms with Crippen LogP contribution in [0.2, 0.25) is 0 Å². The zero-order valence-electron chi connectivity index (χ0n) is 12.0. The molecule has 8 heteroatoms. The minimum Gasteiger partial charge on any atom is -0.489 e. The molecule has 0 aliphatic carbocycles. The first-order valence-corrected chi connectivity index (χ1v) is 7.78. The van der Waals surface area contributed by atoms with Gasteiger partial charge in [-0.05, 0) is 29.3 Å². The van der Waals surface area contributed by atoms with E-state index in [2.05, 4.69) is 15.9 Å². The smallest absolute Gasteiger partial charge is 0.416 e. The average molecular weight is 413 g/mol. The molecule has 0 aliphatic rings. The molecule has 0 spiro atoms. The molecule has 0 bridgehead atoms. The quantitative estimate of drug-likeness (QED) is 0.429. The summed E-state index contributed by atoms with van der Waals surface area (Å²) in [4.78, 5) is 0. The monoisotopic (exact) mass is 412 g/mol. The SMILES string of the molecule is FC(F)(F)c1cc(OCc2ccc(CBr)cc2)cc(C(F)(F)F)c1. The van der Waals surface area contributed by atoms with E-state index >= 15 is 0 Å². The Balaban J connectivity index is 2.24. The van der Waals surface area contributed by atoms with Gasteiger partial charge < -0.3 is 4.74 Å². The number of hydrogen-bond acceptors (Lipinski definition) is 1. The summed E-state index contributed by atoms with van der Waals surface area (Å²) in [5, 5.41) is 0.636. The molecule has 0 saturated carbocycles. The normalized spacial score (nSPS) is 12.3. The van der Waals surface area contributed by atoms with E-state index in [4.69, 9.17) is 4.74 Å². The van der Waals surface area contributed by atoms with Crippen LogP contribution >= 0.6 is 15.9 Å². The van der Waals surface area contributed by atoms with Crippen LogP contribution in [-0.4, -0.2) is 0 Å². The fourth-order valence-electron chi connectivity index (χ4n) is 1.90. The largest absolute Gasteiger partial charge is 0.489 e. The van der Waals surface area contributed by atoms with E-state index in [1.807, 2.05) is 0 Å². The number of benzene rings is 2. The van der Waals surface area contributed by atoms with Crippen LogP contribution in [0.3, 0.4) is 0 Å². The Bertz CT molecular complexity index is 659. The molecule has 2 aromatic rings. The molecule has 2 aromatic carbocycles. The summed E-state index contributed by atoms with van der Waals surface area (Å²) in [6.45, 7) is -0.138. The molecule has 0 heterocycles. The van der Waals surface area contributed by atoms with Crippen LogP contribution in [0.5, 0.6) is 5.75 Å². The third-order valence-corrected chi connectivity index (χ3v) is 3.79. The van der Waals surface area contributed by atoms with Crippen molar-refractivity contribution in [1.82, 2.24) is 0 Å². The van der Waals surface area contributed by atoms with Gasteiger partial charge in [0.15, 0.2) is 0 Å². The number of rotatable bonds is 4. The Hall–Kier alpha value is -1.70. The predicted octanol–water partition coefficient (Wildman–Crippen LogP) is 6.20. The van der Waals surface area contributed by atoms with Gasteiger partial charge in [0.05, 0.1) is 11.1 Å². The molecule has 0 fully saturated rings. The summed E-state index contributed by atoms with van der Waals surface area (Å²) in [7, 11) is 0. The third-order valence-electron chi connectivity index (χ3n) is 3.14. The van der Waals surface area contributed by atoms with Crippen molar-refractivity contribution in [3.8, 4) is 5.75 Å². The van der Waals surface area contributed by atoms with Crippen LogP contribution in [0.1, 0.15) is 22.3 Å². The van der Waals surface area contributed by atoms with E-state index in [1.165, 1.54) is 0 Å². The van der Waals surface area contributed by atoms with Gasteiger partial charge in [-0.25, -0.2) is 0 Å². The summed E-state index contributed by atoms with van der Waals surface area (Å²) in [6.07, 6.45) is -9.78. The highest BCUT2D eigenvalue weighted by Crippen LogP contribution is 2.38. The molecular formula is C16H11BrF6O. The minimum absolute atomic E-state index is 0.0671. The molecule has 0 atom stereocenters. The van der Waals surface area contributed by atoms with Crippen LogP contribution in [0.15, 0.2) is 42.5 Å². The number of ether oxygens (including phenoxy) is 1. The second-order valence-electron chi connectivity index (χ2n) is 4.98. The maximum Gasteiger partial charge on any atom is 0.416 e. The van der Waals surface area contributed by atoms with Crippen LogP contribution in [-0.2, 0) is 24.3 Å². The lowest BCUT2D eigenvalue weighted by Gasteiger charge is -2.15. The average Bonchev–Trinajstić information content (AvgIpc) is 2.51. The number of alkyl halides is 7. The predicted molar refractivity (Wildman–Crippen MR) is 79.9 cm³/mol. The fourth-order valence-corrected chi connectivity index (χ4v) is 2.27. The number of hydrogen-bond donors (Lipinski definition) is 0. The van der Waals surface area contributed by atoms with Crippen molar-refractivity contribution in [3.05, 3.63) is 64.7 Å².